The average Bonchev–Trinajstić information content (AvgIpc) is 2.98. The Kier molecular flexibility index (Phi) is 5.90. The third-order valence-electron chi connectivity index (χ3n) is 4.07. The number of nitrogens with zero attached hydrogens (tertiary/aromatic N) is 1. The molecule has 0 bridgehead atoms. The van der Waals surface area contributed by atoms with Crippen molar-refractivity contribution in [3.05, 3.63) is 35.9 Å². The van der Waals surface area contributed by atoms with Crippen molar-refractivity contribution in [3.8, 4) is 11.3 Å². The summed E-state index contributed by atoms with van der Waals surface area (Å²) in [5, 5.41) is 12.6. The number of H-pyrrole nitrogens is 1. The zero-order valence-corrected chi connectivity index (χ0v) is 13.9. The molecule has 130 valence electrons. The number of rotatable bonds is 3. The molecule has 0 aliphatic carbocycles. The number of hydrogen-bond donors (Lipinski definition) is 3. The Labute approximate surface area is 144 Å². The smallest absolute Gasteiger partial charge is 0.228 e. The first-order chi connectivity index (χ1) is 11.0. The minimum Gasteiger partial charge on any atom is -0.314 e. The molecule has 24 heavy (non-hydrogen) atoms. The third kappa shape index (κ3) is 3.91. The summed E-state index contributed by atoms with van der Waals surface area (Å²) in [6, 6.07) is 5.72. The number of carbonyl (C=O) groups excluding carboxylic acids is 1. The van der Waals surface area contributed by atoms with E-state index in [9.17, 15) is 13.6 Å². The first-order valence-electron chi connectivity index (χ1n) is 7.58. The standard InChI is InChI=1S/C16H18F2N4O.ClH/c1-9-7-10(5-6-19-9)16(23)20-14-8-13(21-22-14)11-3-2-4-12(17)15(11)18;/h2-4,8-10,19H,5-7H2,1H3,(H2,20,21,22,23);1H/t9-,10-;/m0./s1. The summed E-state index contributed by atoms with van der Waals surface area (Å²) in [6.07, 6.45) is 1.54. The Balaban J connectivity index is 0.00000208. The molecule has 3 N–H and O–H groups in total. The van der Waals surface area contributed by atoms with E-state index in [2.05, 4.69) is 20.8 Å². The maximum atomic E-state index is 13.8. The molecule has 2 heterocycles. The molecule has 1 aromatic carbocycles. The van der Waals surface area contributed by atoms with E-state index in [-0.39, 0.29) is 29.8 Å². The van der Waals surface area contributed by atoms with Gasteiger partial charge in [-0.3, -0.25) is 9.89 Å². The molecule has 2 atom stereocenters. The molecule has 0 radical (unpaired) electrons. The zero-order valence-electron chi connectivity index (χ0n) is 13.1. The molecule has 1 aliphatic heterocycles. The summed E-state index contributed by atoms with van der Waals surface area (Å²) in [7, 11) is 0. The Morgan fingerprint density at radius 1 is 1.38 bits per heavy atom. The van der Waals surface area contributed by atoms with Gasteiger partial charge < -0.3 is 10.6 Å². The lowest BCUT2D eigenvalue weighted by Crippen LogP contribution is -2.40. The van der Waals surface area contributed by atoms with Crippen molar-refractivity contribution in [1.82, 2.24) is 15.5 Å². The van der Waals surface area contributed by atoms with Gasteiger partial charge in [-0.05, 0) is 38.4 Å². The summed E-state index contributed by atoms with van der Waals surface area (Å²) >= 11 is 0. The fraction of sp³-hybridized carbons (Fsp3) is 0.375. The molecule has 0 spiro atoms. The van der Waals surface area contributed by atoms with Gasteiger partial charge in [-0.1, -0.05) is 6.07 Å². The Morgan fingerprint density at radius 2 is 2.17 bits per heavy atom. The van der Waals surface area contributed by atoms with E-state index in [1.165, 1.54) is 18.2 Å². The Bertz CT molecular complexity index is 722. The van der Waals surface area contributed by atoms with Gasteiger partial charge in [-0.25, -0.2) is 8.78 Å². The zero-order chi connectivity index (χ0) is 16.4. The first kappa shape index (κ1) is 18.4. The number of halogens is 3. The van der Waals surface area contributed by atoms with E-state index in [0.29, 0.717) is 17.6 Å². The number of carbonyl (C=O) groups is 1. The van der Waals surface area contributed by atoms with E-state index in [4.69, 9.17) is 0 Å². The van der Waals surface area contributed by atoms with Gasteiger partial charge in [-0.2, -0.15) is 5.10 Å². The maximum Gasteiger partial charge on any atom is 0.228 e. The molecule has 8 heteroatoms. The highest BCUT2D eigenvalue weighted by Gasteiger charge is 2.25. The van der Waals surface area contributed by atoms with Crippen molar-refractivity contribution in [2.24, 2.45) is 5.92 Å². The van der Waals surface area contributed by atoms with Crippen molar-refractivity contribution < 1.29 is 13.6 Å². The second-order valence-electron chi connectivity index (χ2n) is 5.83. The quantitative estimate of drug-likeness (QED) is 0.791. The van der Waals surface area contributed by atoms with Crippen LogP contribution in [0.5, 0.6) is 0 Å². The van der Waals surface area contributed by atoms with Crippen LogP contribution in [0.15, 0.2) is 24.3 Å². The van der Waals surface area contributed by atoms with Crippen LogP contribution in [-0.4, -0.2) is 28.7 Å². The van der Waals surface area contributed by atoms with Gasteiger partial charge in [0.15, 0.2) is 17.5 Å². The monoisotopic (exact) mass is 356 g/mol. The van der Waals surface area contributed by atoms with E-state index >= 15 is 0 Å². The number of piperidine rings is 1. The molecule has 2 aromatic rings. The van der Waals surface area contributed by atoms with Crippen molar-refractivity contribution in [1.29, 1.82) is 0 Å². The summed E-state index contributed by atoms with van der Waals surface area (Å²) in [5.74, 6) is -1.74. The third-order valence-corrected chi connectivity index (χ3v) is 4.07. The van der Waals surface area contributed by atoms with Crippen LogP contribution in [0, 0.1) is 17.6 Å². The van der Waals surface area contributed by atoms with Crippen LogP contribution in [0.4, 0.5) is 14.6 Å². The summed E-state index contributed by atoms with van der Waals surface area (Å²) in [5.41, 5.74) is 0.393. The SMILES string of the molecule is C[C@H]1C[C@@H](C(=O)Nc2cc(-c3cccc(F)c3F)[nH]n2)CCN1.Cl. The normalized spacial score (nSPS) is 20.3. The molecule has 5 nitrogen and oxygen atoms in total. The molecule has 1 saturated heterocycles. The second kappa shape index (κ2) is 7.72. The number of aromatic amines is 1. The molecular weight excluding hydrogens is 338 g/mol. The summed E-state index contributed by atoms with van der Waals surface area (Å²) in [6.45, 7) is 2.85. The van der Waals surface area contributed by atoms with Gasteiger partial charge in [0.05, 0.1) is 5.69 Å². The number of hydrogen-bond acceptors (Lipinski definition) is 3. The molecule has 3 rings (SSSR count). The van der Waals surface area contributed by atoms with Crippen LogP contribution in [0.25, 0.3) is 11.3 Å². The molecule has 0 saturated carbocycles. The lowest BCUT2D eigenvalue weighted by Gasteiger charge is -2.26. The molecule has 1 fully saturated rings. The lowest BCUT2D eigenvalue weighted by molar-refractivity contribution is -0.120. The number of amides is 1. The van der Waals surface area contributed by atoms with Crippen LogP contribution < -0.4 is 10.6 Å². The first-order valence-corrected chi connectivity index (χ1v) is 7.58. The van der Waals surface area contributed by atoms with Gasteiger partial charge >= 0.3 is 0 Å². The second-order valence-corrected chi connectivity index (χ2v) is 5.83. The van der Waals surface area contributed by atoms with Crippen molar-refractivity contribution >= 4 is 24.1 Å². The number of benzene rings is 1. The van der Waals surface area contributed by atoms with E-state index < -0.39 is 11.6 Å². The Morgan fingerprint density at radius 3 is 2.92 bits per heavy atom. The molecule has 1 aromatic heterocycles. The molecule has 0 unspecified atom stereocenters. The van der Waals surface area contributed by atoms with Gasteiger partial charge in [-0.15, -0.1) is 12.4 Å². The van der Waals surface area contributed by atoms with E-state index in [0.717, 1.165) is 25.5 Å². The number of anilines is 1. The van der Waals surface area contributed by atoms with Crippen LogP contribution >= 0.6 is 12.4 Å². The Hall–Kier alpha value is -1.99. The van der Waals surface area contributed by atoms with Gasteiger partial charge in [0, 0.05) is 23.6 Å². The summed E-state index contributed by atoms with van der Waals surface area (Å²) in [4.78, 5) is 12.3. The minimum absolute atomic E-state index is 0. The molecule has 1 amide bonds. The highest BCUT2D eigenvalue weighted by Crippen LogP contribution is 2.25. The topological polar surface area (TPSA) is 69.8 Å². The van der Waals surface area contributed by atoms with Crippen molar-refractivity contribution in [2.45, 2.75) is 25.8 Å². The van der Waals surface area contributed by atoms with Crippen molar-refractivity contribution in [3.63, 3.8) is 0 Å². The largest absolute Gasteiger partial charge is 0.314 e. The fourth-order valence-electron chi connectivity index (χ4n) is 2.83. The van der Waals surface area contributed by atoms with Crippen LogP contribution in [0.2, 0.25) is 0 Å². The van der Waals surface area contributed by atoms with Gasteiger partial charge in [0.1, 0.15) is 0 Å². The lowest BCUT2D eigenvalue weighted by atomic mass is 9.92. The minimum atomic E-state index is -0.943. The van der Waals surface area contributed by atoms with E-state index in [1.807, 2.05) is 6.92 Å². The predicted molar refractivity (Wildman–Crippen MR) is 90.0 cm³/mol. The highest BCUT2D eigenvalue weighted by molar-refractivity contribution is 5.92. The number of aromatic nitrogens is 2. The number of nitrogens with one attached hydrogen (secondary N) is 3. The van der Waals surface area contributed by atoms with Crippen LogP contribution in [0.3, 0.4) is 0 Å². The predicted octanol–water partition coefficient (Wildman–Crippen LogP) is 3.10. The van der Waals surface area contributed by atoms with Gasteiger partial charge in [0.2, 0.25) is 5.91 Å². The maximum absolute atomic E-state index is 13.8. The van der Waals surface area contributed by atoms with Crippen molar-refractivity contribution in [2.75, 3.05) is 11.9 Å². The fourth-order valence-corrected chi connectivity index (χ4v) is 2.83. The van der Waals surface area contributed by atoms with Crippen LogP contribution in [0.1, 0.15) is 19.8 Å². The average molecular weight is 357 g/mol. The van der Waals surface area contributed by atoms with Gasteiger partial charge in [0.25, 0.3) is 0 Å². The van der Waals surface area contributed by atoms with E-state index in [1.54, 1.807) is 0 Å². The van der Waals surface area contributed by atoms with Crippen LogP contribution in [-0.2, 0) is 4.79 Å². The molecule has 1 aliphatic rings. The summed E-state index contributed by atoms with van der Waals surface area (Å²) < 4.78 is 27.1. The molecular formula is C16H19ClF2N4O. The highest BCUT2D eigenvalue weighted by atomic mass is 35.5.